The lowest BCUT2D eigenvalue weighted by Gasteiger charge is -2.27. The van der Waals surface area contributed by atoms with Crippen molar-refractivity contribution in [2.45, 2.75) is 13.0 Å². The number of pyridine rings is 1. The van der Waals surface area contributed by atoms with Gasteiger partial charge >= 0.3 is 0 Å². The van der Waals surface area contributed by atoms with Gasteiger partial charge in [0.2, 0.25) is 5.43 Å². The van der Waals surface area contributed by atoms with E-state index in [2.05, 4.69) is 16.0 Å². The zero-order chi connectivity index (χ0) is 29.9. The number of amides is 1. The normalized spacial score (nSPS) is 11.8. The van der Waals surface area contributed by atoms with Gasteiger partial charge in [0.25, 0.3) is 5.91 Å². The van der Waals surface area contributed by atoms with E-state index in [1.54, 1.807) is 4.57 Å². The maximum Gasteiger partial charge on any atom is 0.257 e. The monoisotopic (exact) mass is 577 g/mol. The van der Waals surface area contributed by atoms with E-state index in [1.165, 1.54) is 12.3 Å². The molecule has 1 amide bonds. The largest absolute Gasteiger partial charge is 0.451 e. The predicted molar refractivity (Wildman–Crippen MR) is 169 cm³/mol. The van der Waals surface area contributed by atoms with Crippen LogP contribution in [0.2, 0.25) is 0 Å². The summed E-state index contributed by atoms with van der Waals surface area (Å²) in [5.41, 5.74) is 1.50. The molecule has 0 saturated carbocycles. The van der Waals surface area contributed by atoms with Crippen LogP contribution in [0.15, 0.2) is 96.2 Å². The van der Waals surface area contributed by atoms with Crippen molar-refractivity contribution in [1.29, 1.82) is 0 Å². The number of hydrogen-bond donors (Lipinski definition) is 3. The molecule has 0 spiro atoms. The van der Waals surface area contributed by atoms with Crippen molar-refractivity contribution in [2.24, 2.45) is 0 Å². The van der Waals surface area contributed by atoms with Crippen molar-refractivity contribution in [1.82, 2.24) is 20.1 Å². The van der Waals surface area contributed by atoms with Crippen LogP contribution in [-0.4, -0.2) is 42.6 Å². The molecule has 0 saturated heterocycles. The summed E-state index contributed by atoms with van der Waals surface area (Å²) in [6.45, 7) is 1.48. The molecular weight excluding hydrogens is 545 g/mol. The summed E-state index contributed by atoms with van der Waals surface area (Å²) in [6.07, 6.45) is 6.04. The molecule has 43 heavy (non-hydrogen) atoms. The quantitative estimate of drug-likeness (QED) is 0.180. The molecule has 1 aliphatic rings. The summed E-state index contributed by atoms with van der Waals surface area (Å²) in [4.78, 5) is 29.1. The second-order valence-corrected chi connectivity index (χ2v) is 10.5. The number of nitrogens with one attached hydrogen (secondary N) is 3. The molecule has 8 nitrogen and oxygen atoms in total. The van der Waals surface area contributed by atoms with Crippen LogP contribution < -0.4 is 26.1 Å². The van der Waals surface area contributed by atoms with Crippen molar-refractivity contribution in [3.05, 3.63) is 119 Å². The van der Waals surface area contributed by atoms with Gasteiger partial charge < -0.3 is 30.2 Å². The van der Waals surface area contributed by atoms with Crippen LogP contribution in [0, 0.1) is 5.82 Å². The topological polar surface area (TPSA) is 87.6 Å². The van der Waals surface area contributed by atoms with E-state index in [0.29, 0.717) is 23.5 Å². The lowest BCUT2D eigenvalue weighted by Crippen LogP contribution is -2.30. The van der Waals surface area contributed by atoms with Crippen LogP contribution in [-0.2, 0) is 6.54 Å². The summed E-state index contributed by atoms with van der Waals surface area (Å²) in [5, 5.41) is 11.0. The van der Waals surface area contributed by atoms with Gasteiger partial charge in [-0.2, -0.15) is 0 Å². The van der Waals surface area contributed by atoms with Gasteiger partial charge in [-0.25, -0.2) is 4.39 Å². The van der Waals surface area contributed by atoms with Gasteiger partial charge in [0.15, 0.2) is 17.3 Å². The average Bonchev–Trinajstić information content (AvgIpc) is 3.02. The van der Waals surface area contributed by atoms with Crippen LogP contribution in [0.25, 0.3) is 27.4 Å². The number of anilines is 1. The van der Waals surface area contributed by atoms with Gasteiger partial charge in [-0.05, 0) is 41.0 Å². The molecule has 1 aliphatic heterocycles. The smallest absolute Gasteiger partial charge is 0.257 e. The second kappa shape index (κ2) is 11.9. The Balaban J connectivity index is 1.43. The fourth-order valence-corrected chi connectivity index (χ4v) is 5.32. The molecule has 0 fully saturated rings. The summed E-state index contributed by atoms with van der Waals surface area (Å²) in [6, 6.07) is 22.3. The molecule has 0 aliphatic carbocycles. The van der Waals surface area contributed by atoms with Crippen molar-refractivity contribution in [2.75, 3.05) is 32.5 Å². The number of rotatable bonds is 10. The second-order valence-electron chi connectivity index (χ2n) is 10.5. The minimum absolute atomic E-state index is 0.0705. The highest BCUT2D eigenvalue weighted by Gasteiger charge is 2.28. The van der Waals surface area contributed by atoms with Crippen molar-refractivity contribution in [3.63, 3.8) is 0 Å². The van der Waals surface area contributed by atoms with E-state index in [9.17, 15) is 9.59 Å². The Kier molecular flexibility index (Phi) is 7.70. The summed E-state index contributed by atoms with van der Waals surface area (Å²) < 4.78 is 23.9. The molecule has 0 atom stereocenters. The van der Waals surface area contributed by atoms with Crippen LogP contribution in [0.1, 0.15) is 22.3 Å². The molecule has 6 rings (SSSR count). The minimum atomic E-state index is -0.624. The number of carbonyl (C=O) groups is 1. The van der Waals surface area contributed by atoms with E-state index in [1.807, 2.05) is 98.1 Å². The van der Waals surface area contributed by atoms with E-state index in [0.717, 1.165) is 29.3 Å². The van der Waals surface area contributed by atoms with Gasteiger partial charge in [0.05, 0.1) is 11.1 Å². The highest BCUT2D eigenvalue weighted by Crippen LogP contribution is 2.46. The molecule has 5 aromatic rings. The summed E-state index contributed by atoms with van der Waals surface area (Å²) in [5.74, 6) is -0.443. The number of halogens is 1. The maximum absolute atomic E-state index is 15.8. The highest BCUT2D eigenvalue weighted by atomic mass is 19.1. The van der Waals surface area contributed by atoms with Crippen LogP contribution in [0.4, 0.5) is 10.1 Å². The van der Waals surface area contributed by atoms with Gasteiger partial charge in [-0.15, -0.1) is 0 Å². The predicted octanol–water partition coefficient (Wildman–Crippen LogP) is 5.74. The van der Waals surface area contributed by atoms with E-state index in [-0.39, 0.29) is 28.9 Å². The number of ether oxygens (including phenoxy) is 1. The van der Waals surface area contributed by atoms with Crippen molar-refractivity contribution < 1.29 is 13.9 Å². The summed E-state index contributed by atoms with van der Waals surface area (Å²) in [7, 11) is 3.80. The van der Waals surface area contributed by atoms with Crippen molar-refractivity contribution >= 4 is 33.3 Å². The molecule has 1 aromatic heterocycles. The molecule has 9 heteroatoms. The molecule has 0 unspecified atom stereocenters. The zero-order valence-corrected chi connectivity index (χ0v) is 24.0. The molecular formula is C34H32FN5O3. The van der Waals surface area contributed by atoms with Gasteiger partial charge in [0.1, 0.15) is 16.8 Å². The van der Waals surface area contributed by atoms with Crippen LogP contribution in [0.3, 0.4) is 0 Å². The molecule has 218 valence electrons. The molecule has 0 radical (unpaired) electrons. The van der Waals surface area contributed by atoms with Gasteiger partial charge in [-0.1, -0.05) is 54.6 Å². The number of carbonyl (C=O) groups excluding carboxylic acids is 1. The zero-order valence-electron chi connectivity index (χ0n) is 24.0. The molecule has 0 bridgehead atoms. The SMILES string of the molecule is CN/C=C\N(C)CCCNc1c(F)cc2c(=O)c(C(=O)NCc3ccccc3)cn3c2c1Oc1cc2ccccc2cc1-3. The molecule has 4 aromatic carbocycles. The number of aromatic nitrogens is 1. The van der Waals surface area contributed by atoms with E-state index < -0.39 is 17.2 Å². The standard InChI is InChI=1S/C34H32FN5O3/c1-36-14-16-39(2)15-8-13-37-30-27(35)19-25-31-33(30)43-29-18-24-12-7-6-11-23(24)17-28(29)40(31)21-26(32(25)41)34(42)38-20-22-9-4-3-5-10-22/h3-7,9-12,14,16-19,21,36-37H,8,13,15,20H2,1-2H3,(H,38,42)/b16-14-. The Morgan fingerprint density at radius 3 is 2.56 bits per heavy atom. The van der Waals surface area contributed by atoms with Crippen LogP contribution >= 0.6 is 0 Å². The third-order valence-electron chi connectivity index (χ3n) is 7.52. The maximum atomic E-state index is 15.8. The number of hydrogen-bond acceptors (Lipinski definition) is 6. The lowest BCUT2D eigenvalue weighted by molar-refractivity contribution is 0.0949. The van der Waals surface area contributed by atoms with Gasteiger partial charge in [0, 0.05) is 52.3 Å². The fourth-order valence-electron chi connectivity index (χ4n) is 5.32. The van der Waals surface area contributed by atoms with Crippen molar-refractivity contribution in [3.8, 4) is 17.2 Å². The van der Waals surface area contributed by atoms with Crippen LogP contribution in [0.5, 0.6) is 11.5 Å². The minimum Gasteiger partial charge on any atom is -0.451 e. The Bertz CT molecular complexity index is 1920. The average molecular weight is 578 g/mol. The van der Waals surface area contributed by atoms with Gasteiger partial charge in [-0.3, -0.25) is 9.59 Å². The third-order valence-corrected chi connectivity index (χ3v) is 7.52. The Hall–Kier alpha value is -5.31. The molecule has 2 heterocycles. The summed E-state index contributed by atoms with van der Waals surface area (Å²) >= 11 is 0. The Morgan fingerprint density at radius 2 is 1.79 bits per heavy atom. The first-order chi connectivity index (χ1) is 20.9. The fraction of sp³-hybridized carbons (Fsp3) is 0.176. The first-order valence-corrected chi connectivity index (χ1v) is 14.2. The Labute approximate surface area is 248 Å². The number of benzene rings is 4. The van der Waals surface area contributed by atoms with E-state index >= 15 is 4.39 Å². The van der Waals surface area contributed by atoms with E-state index in [4.69, 9.17) is 4.74 Å². The third kappa shape index (κ3) is 5.49. The first kappa shape index (κ1) is 27.8. The molecule has 3 N–H and O–H groups in total. The Morgan fingerprint density at radius 1 is 1.05 bits per heavy atom. The highest BCUT2D eigenvalue weighted by molar-refractivity contribution is 6.02. The lowest BCUT2D eigenvalue weighted by atomic mass is 10.0. The number of nitrogens with zero attached hydrogens (tertiary/aromatic N) is 2. The number of fused-ring (bicyclic) bond motifs is 3. The first-order valence-electron chi connectivity index (χ1n) is 14.2.